The van der Waals surface area contributed by atoms with Gasteiger partial charge in [-0.1, -0.05) is 13.8 Å². The Balaban J connectivity index is 2.66. The minimum atomic E-state index is -0.672. The van der Waals surface area contributed by atoms with Crippen molar-refractivity contribution in [1.82, 2.24) is 0 Å². The van der Waals surface area contributed by atoms with E-state index < -0.39 is 5.97 Å². The van der Waals surface area contributed by atoms with Gasteiger partial charge in [-0.3, -0.25) is 4.79 Å². The summed E-state index contributed by atoms with van der Waals surface area (Å²) in [7, 11) is 0. The van der Waals surface area contributed by atoms with E-state index in [2.05, 4.69) is 13.8 Å². The SMILES string of the molecule is CC(C)C1CCC(N)CC1C(=O)O. The summed E-state index contributed by atoms with van der Waals surface area (Å²) in [5, 5.41) is 9.02. The van der Waals surface area contributed by atoms with Gasteiger partial charge in [-0.25, -0.2) is 0 Å². The molecule has 1 fully saturated rings. The number of hydrogen-bond donors (Lipinski definition) is 2. The monoisotopic (exact) mass is 185 g/mol. The highest BCUT2D eigenvalue weighted by atomic mass is 16.4. The molecule has 76 valence electrons. The molecule has 0 bridgehead atoms. The fourth-order valence-corrected chi connectivity index (χ4v) is 2.31. The maximum absolute atomic E-state index is 11.0. The van der Waals surface area contributed by atoms with Crippen molar-refractivity contribution in [3.63, 3.8) is 0 Å². The highest BCUT2D eigenvalue weighted by Crippen LogP contribution is 2.34. The van der Waals surface area contributed by atoms with Crippen LogP contribution in [-0.2, 0) is 4.79 Å². The van der Waals surface area contributed by atoms with Crippen LogP contribution >= 0.6 is 0 Å². The van der Waals surface area contributed by atoms with Gasteiger partial charge in [0.15, 0.2) is 0 Å². The van der Waals surface area contributed by atoms with Gasteiger partial charge in [-0.15, -0.1) is 0 Å². The quantitative estimate of drug-likeness (QED) is 0.684. The lowest BCUT2D eigenvalue weighted by Gasteiger charge is -2.34. The van der Waals surface area contributed by atoms with Gasteiger partial charge in [-0.05, 0) is 31.1 Å². The Labute approximate surface area is 79.3 Å². The van der Waals surface area contributed by atoms with Gasteiger partial charge in [0.25, 0.3) is 0 Å². The first-order chi connectivity index (χ1) is 6.02. The van der Waals surface area contributed by atoms with Gasteiger partial charge < -0.3 is 10.8 Å². The average molecular weight is 185 g/mol. The fourth-order valence-electron chi connectivity index (χ4n) is 2.31. The molecule has 0 aliphatic heterocycles. The molecule has 0 heterocycles. The predicted molar refractivity (Wildman–Crippen MR) is 51.3 cm³/mol. The zero-order valence-electron chi connectivity index (χ0n) is 8.36. The van der Waals surface area contributed by atoms with E-state index >= 15 is 0 Å². The first-order valence-electron chi connectivity index (χ1n) is 5.00. The molecule has 0 aromatic carbocycles. The van der Waals surface area contributed by atoms with Gasteiger partial charge in [0.2, 0.25) is 0 Å². The molecule has 3 unspecified atom stereocenters. The van der Waals surface area contributed by atoms with Crippen LogP contribution in [-0.4, -0.2) is 17.1 Å². The van der Waals surface area contributed by atoms with Crippen LogP contribution in [0.5, 0.6) is 0 Å². The van der Waals surface area contributed by atoms with Gasteiger partial charge in [0.05, 0.1) is 5.92 Å². The lowest BCUT2D eigenvalue weighted by atomic mass is 9.72. The summed E-state index contributed by atoms with van der Waals surface area (Å²) >= 11 is 0. The number of carboxylic acids is 1. The number of rotatable bonds is 2. The Hall–Kier alpha value is -0.570. The van der Waals surface area contributed by atoms with Crippen LogP contribution in [0, 0.1) is 17.8 Å². The number of hydrogen-bond acceptors (Lipinski definition) is 2. The third-order valence-electron chi connectivity index (χ3n) is 3.12. The summed E-state index contributed by atoms with van der Waals surface area (Å²) in [6, 6.07) is 0.0936. The van der Waals surface area contributed by atoms with E-state index in [0.717, 1.165) is 12.8 Å². The molecule has 3 nitrogen and oxygen atoms in total. The van der Waals surface area contributed by atoms with Crippen LogP contribution < -0.4 is 5.73 Å². The van der Waals surface area contributed by atoms with Crippen molar-refractivity contribution in [1.29, 1.82) is 0 Å². The van der Waals surface area contributed by atoms with E-state index in [1.165, 1.54) is 0 Å². The van der Waals surface area contributed by atoms with E-state index in [0.29, 0.717) is 18.3 Å². The second kappa shape index (κ2) is 4.09. The van der Waals surface area contributed by atoms with Crippen molar-refractivity contribution in [2.45, 2.75) is 39.2 Å². The van der Waals surface area contributed by atoms with Crippen molar-refractivity contribution in [2.75, 3.05) is 0 Å². The summed E-state index contributed by atoms with van der Waals surface area (Å²) in [5.74, 6) is -0.122. The molecule has 1 rings (SSSR count). The zero-order valence-corrected chi connectivity index (χ0v) is 8.36. The molecular formula is C10H19NO2. The van der Waals surface area contributed by atoms with Crippen molar-refractivity contribution in [3.05, 3.63) is 0 Å². The van der Waals surface area contributed by atoms with E-state index in [1.54, 1.807) is 0 Å². The molecule has 3 heteroatoms. The molecular weight excluding hydrogens is 166 g/mol. The molecule has 0 radical (unpaired) electrons. The fraction of sp³-hybridized carbons (Fsp3) is 0.900. The summed E-state index contributed by atoms with van der Waals surface area (Å²) in [4.78, 5) is 11.0. The summed E-state index contributed by atoms with van der Waals surface area (Å²) in [6.07, 6.45) is 2.60. The second-order valence-corrected chi connectivity index (χ2v) is 4.43. The van der Waals surface area contributed by atoms with Crippen molar-refractivity contribution < 1.29 is 9.90 Å². The van der Waals surface area contributed by atoms with E-state index in [-0.39, 0.29) is 12.0 Å². The highest BCUT2D eigenvalue weighted by molar-refractivity contribution is 5.70. The van der Waals surface area contributed by atoms with Crippen LogP contribution in [0.25, 0.3) is 0 Å². The van der Waals surface area contributed by atoms with Gasteiger partial charge in [-0.2, -0.15) is 0 Å². The normalized spacial score (nSPS) is 34.9. The molecule has 1 aliphatic carbocycles. The van der Waals surface area contributed by atoms with Gasteiger partial charge in [0.1, 0.15) is 0 Å². The lowest BCUT2D eigenvalue weighted by Crippen LogP contribution is -2.39. The highest BCUT2D eigenvalue weighted by Gasteiger charge is 2.35. The average Bonchev–Trinajstić information content (AvgIpc) is 2.03. The van der Waals surface area contributed by atoms with Crippen LogP contribution in [0.2, 0.25) is 0 Å². The Morgan fingerprint density at radius 2 is 2.08 bits per heavy atom. The molecule has 3 atom stereocenters. The molecule has 0 spiro atoms. The molecule has 0 saturated heterocycles. The van der Waals surface area contributed by atoms with Crippen molar-refractivity contribution >= 4 is 5.97 Å². The van der Waals surface area contributed by atoms with E-state index in [1.807, 2.05) is 0 Å². The molecule has 1 saturated carbocycles. The Kier molecular flexibility index (Phi) is 3.31. The first-order valence-corrected chi connectivity index (χ1v) is 5.00. The smallest absolute Gasteiger partial charge is 0.306 e. The standard InChI is InChI=1S/C10H19NO2/c1-6(2)8-4-3-7(11)5-9(8)10(12)13/h6-9H,3-5,11H2,1-2H3,(H,12,13). The summed E-state index contributed by atoms with van der Waals surface area (Å²) < 4.78 is 0. The van der Waals surface area contributed by atoms with Crippen LogP contribution in [0.1, 0.15) is 33.1 Å². The molecule has 0 aromatic heterocycles. The third kappa shape index (κ3) is 2.44. The van der Waals surface area contributed by atoms with Crippen molar-refractivity contribution in [2.24, 2.45) is 23.5 Å². The second-order valence-electron chi connectivity index (χ2n) is 4.43. The number of carboxylic acid groups (broad SMARTS) is 1. The summed E-state index contributed by atoms with van der Waals surface area (Å²) in [5.41, 5.74) is 5.76. The van der Waals surface area contributed by atoms with Crippen LogP contribution in [0.3, 0.4) is 0 Å². The van der Waals surface area contributed by atoms with Gasteiger partial charge >= 0.3 is 5.97 Å². The number of nitrogens with two attached hydrogens (primary N) is 1. The Bertz CT molecular complexity index is 191. The predicted octanol–water partition coefficient (Wildman–Crippen LogP) is 1.47. The third-order valence-corrected chi connectivity index (χ3v) is 3.12. The van der Waals surface area contributed by atoms with Crippen molar-refractivity contribution in [3.8, 4) is 0 Å². The molecule has 13 heavy (non-hydrogen) atoms. The van der Waals surface area contributed by atoms with E-state index in [9.17, 15) is 4.79 Å². The number of aliphatic carboxylic acids is 1. The minimum absolute atomic E-state index is 0.0936. The number of carbonyl (C=O) groups is 1. The maximum Gasteiger partial charge on any atom is 0.306 e. The van der Waals surface area contributed by atoms with Crippen LogP contribution in [0.15, 0.2) is 0 Å². The Morgan fingerprint density at radius 1 is 1.46 bits per heavy atom. The molecule has 1 aliphatic rings. The Morgan fingerprint density at radius 3 is 2.54 bits per heavy atom. The largest absolute Gasteiger partial charge is 0.481 e. The van der Waals surface area contributed by atoms with E-state index in [4.69, 9.17) is 10.8 Å². The lowest BCUT2D eigenvalue weighted by molar-refractivity contribution is -0.146. The zero-order chi connectivity index (χ0) is 10.0. The maximum atomic E-state index is 11.0. The van der Waals surface area contributed by atoms with Crippen LogP contribution in [0.4, 0.5) is 0 Å². The molecule has 3 N–H and O–H groups in total. The van der Waals surface area contributed by atoms with Gasteiger partial charge in [0, 0.05) is 6.04 Å². The minimum Gasteiger partial charge on any atom is -0.481 e. The molecule has 0 amide bonds. The first kappa shape index (κ1) is 10.5. The summed E-state index contributed by atoms with van der Waals surface area (Å²) in [6.45, 7) is 4.19. The topological polar surface area (TPSA) is 63.3 Å². The molecule has 0 aromatic rings.